The fourth-order valence-corrected chi connectivity index (χ4v) is 7.15. The molecule has 1 aliphatic carbocycles. The number of carbonyl (C=O) groups is 1. The van der Waals surface area contributed by atoms with E-state index < -0.39 is 5.25 Å². The number of hydrogen-bond donors (Lipinski definition) is 1. The van der Waals surface area contributed by atoms with Crippen molar-refractivity contribution in [3.8, 4) is 17.3 Å². The van der Waals surface area contributed by atoms with Crippen molar-refractivity contribution in [2.24, 2.45) is 5.92 Å². The van der Waals surface area contributed by atoms with Crippen LogP contribution in [0.4, 0.5) is 11.4 Å². The monoisotopic (exact) mass is 604 g/mol. The normalized spacial score (nSPS) is 13.9. The molecule has 2 aromatic heterocycles. The molecule has 1 atom stereocenters. The van der Waals surface area contributed by atoms with Gasteiger partial charge in [-0.3, -0.25) is 9.69 Å². The van der Waals surface area contributed by atoms with Crippen LogP contribution in [0.2, 0.25) is 0 Å². The predicted molar refractivity (Wildman–Crippen MR) is 183 cm³/mol. The highest BCUT2D eigenvalue weighted by Crippen LogP contribution is 2.41. The minimum Gasteiger partial charge on any atom is -0.361 e. The zero-order valence-corrected chi connectivity index (χ0v) is 27.7. The van der Waals surface area contributed by atoms with Gasteiger partial charge in [-0.05, 0) is 96.5 Å². The Morgan fingerprint density at radius 2 is 1.45 bits per heavy atom. The molecule has 1 unspecified atom stereocenters. The van der Waals surface area contributed by atoms with E-state index in [1.54, 1.807) is 0 Å². The van der Waals surface area contributed by atoms with E-state index in [9.17, 15) is 10.1 Å². The molecule has 5 rings (SSSR count). The van der Waals surface area contributed by atoms with Crippen LogP contribution in [0.25, 0.3) is 11.3 Å². The Bertz CT molecular complexity index is 1560. The zero-order chi connectivity index (χ0) is 31.4. The second kappa shape index (κ2) is 13.9. The van der Waals surface area contributed by atoms with Crippen LogP contribution in [0.1, 0.15) is 101 Å². The number of aromatic amines is 1. The molecule has 44 heavy (non-hydrogen) atoms. The van der Waals surface area contributed by atoms with Crippen molar-refractivity contribution in [2.75, 3.05) is 4.90 Å². The number of anilines is 2. The van der Waals surface area contributed by atoms with E-state index in [4.69, 9.17) is 4.98 Å². The molecule has 5 nitrogen and oxygen atoms in total. The average molecular weight is 605 g/mol. The van der Waals surface area contributed by atoms with Crippen LogP contribution in [0, 0.1) is 17.2 Å². The van der Waals surface area contributed by atoms with Gasteiger partial charge in [0.05, 0.1) is 10.8 Å². The Kier molecular flexibility index (Phi) is 9.96. The van der Waals surface area contributed by atoms with Crippen LogP contribution in [-0.2, 0) is 17.6 Å². The number of thioether (sulfide) groups is 1. The van der Waals surface area contributed by atoms with Crippen LogP contribution in [0.5, 0.6) is 0 Å². The lowest BCUT2D eigenvalue weighted by atomic mass is 9.96. The van der Waals surface area contributed by atoms with Crippen molar-refractivity contribution in [1.29, 1.82) is 5.26 Å². The Morgan fingerprint density at radius 3 is 1.95 bits per heavy atom. The summed E-state index contributed by atoms with van der Waals surface area (Å²) in [6.07, 6.45) is 7.03. The Balaban J connectivity index is 1.60. The van der Waals surface area contributed by atoms with Gasteiger partial charge in [-0.2, -0.15) is 5.26 Å². The highest BCUT2D eigenvalue weighted by Gasteiger charge is 2.33. The minimum atomic E-state index is -0.454. The highest BCUT2D eigenvalue weighted by molar-refractivity contribution is 8.00. The lowest BCUT2D eigenvalue weighted by Crippen LogP contribution is -2.37. The molecule has 228 valence electrons. The number of nitriles is 1. The number of aromatic nitrogens is 2. The smallest absolute Gasteiger partial charge is 0.245 e. The first kappa shape index (κ1) is 31.6. The van der Waals surface area contributed by atoms with E-state index in [1.807, 2.05) is 23.2 Å². The zero-order valence-electron chi connectivity index (χ0n) is 26.9. The highest BCUT2D eigenvalue weighted by atomic mass is 32.2. The number of fused-ring (bicyclic) bond motifs is 1. The summed E-state index contributed by atoms with van der Waals surface area (Å²) in [4.78, 5) is 25.1. The third-order valence-electron chi connectivity index (χ3n) is 8.61. The molecule has 0 spiro atoms. The summed E-state index contributed by atoms with van der Waals surface area (Å²) in [7, 11) is 0. The third kappa shape index (κ3) is 6.64. The molecule has 2 aromatic carbocycles. The summed E-state index contributed by atoms with van der Waals surface area (Å²) in [5.74, 6) is 0.785. The van der Waals surface area contributed by atoms with Crippen molar-refractivity contribution >= 4 is 29.0 Å². The van der Waals surface area contributed by atoms with Gasteiger partial charge in [-0.25, -0.2) is 4.98 Å². The molecular formula is C38H44N4OS. The van der Waals surface area contributed by atoms with E-state index in [0.717, 1.165) is 60.4 Å². The number of H-pyrrole nitrogens is 1. The number of carbonyl (C=O) groups excluding carboxylic acids is 1. The summed E-state index contributed by atoms with van der Waals surface area (Å²) >= 11 is 1.44. The number of benzene rings is 2. The molecule has 2 heterocycles. The molecule has 1 aliphatic rings. The Morgan fingerprint density at radius 1 is 0.864 bits per heavy atom. The fourth-order valence-electron chi connectivity index (χ4n) is 6.01. The second-order valence-corrected chi connectivity index (χ2v) is 13.9. The average Bonchev–Trinajstić information content (AvgIpc) is 3.44. The van der Waals surface area contributed by atoms with Gasteiger partial charge in [0.25, 0.3) is 0 Å². The number of nitrogens with one attached hydrogen (secondary N) is 1. The molecular weight excluding hydrogens is 561 g/mol. The molecule has 0 saturated carbocycles. The van der Waals surface area contributed by atoms with Gasteiger partial charge in [0.2, 0.25) is 5.91 Å². The topological polar surface area (TPSA) is 72.8 Å². The Labute approximate surface area is 267 Å². The van der Waals surface area contributed by atoms with Gasteiger partial charge >= 0.3 is 0 Å². The number of aryl methyl sites for hydroxylation is 1. The van der Waals surface area contributed by atoms with Crippen molar-refractivity contribution < 1.29 is 4.79 Å². The van der Waals surface area contributed by atoms with Gasteiger partial charge in [-0.1, -0.05) is 84.0 Å². The van der Waals surface area contributed by atoms with E-state index in [0.29, 0.717) is 22.4 Å². The number of amides is 1. The van der Waals surface area contributed by atoms with E-state index >= 15 is 0 Å². The largest absolute Gasteiger partial charge is 0.361 e. The maximum absolute atomic E-state index is 14.8. The van der Waals surface area contributed by atoms with Gasteiger partial charge < -0.3 is 4.98 Å². The number of pyridine rings is 1. The van der Waals surface area contributed by atoms with Crippen molar-refractivity contribution in [2.45, 2.75) is 95.8 Å². The van der Waals surface area contributed by atoms with E-state index in [1.165, 1.54) is 28.5 Å². The number of hydrogen-bond acceptors (Lipinski definition) is 4. The maximum atomic E-state index is 14.8. The van der Waals surface area contributed by atoms with E-state index in [2.05, 4.69) is 101 Å². The quantitative estimate of drug-likeness (QED) is 0.152. The maximum Gasteiger partial charge on any atom is 0.245 e. The molecule has 4 aromatic rings. The molecule has 1 N–H and O–H groups in total. The lowest BCUT2D eigenvalue weighted by Gasteiger charge is -2.30. The van der Waals surface area contributed by atoms with Crippen LogP contribution in [0.3, 0.4) is 0 Å². The molecule has 0 radical (unpaired) electrons. The summed E-state index contributed by atoms with van der Waals surface area (Å²) < 4.78 is 0. The summed E-state index contributed by atoms with van der Waals surface area (Å²) in [6, 6.07) is 23.2. The van der Waals surface area contributed by atoms with Gasteiger partial charge in [0.15, 0.2) is 0 Å². The van der Waals surface area contributed by atoms with Crippen LogP contribution >= 0.6 is 11.8 Å². The summed E-state index contributed by atoms with van der Waals surface area (Å²) in [6.45, 7) is 12.9. The number of rotatable bonds is 9. The van der Waals surface area contributed by atoms with E-state index in [-0.39, 0.29) is 11.8 Å². The first-order valence-electron chi connectivity index (χ1n) is 16.0. The standard InChI is InChI=1S/C38H44N4OS/c1-24(2)27-14-18-29(19-15-27)42(30-20-16-28(17-21-30)25(3)4)38(43)36(26(5)6)44-37-32(23-39)35(34-13-10-22-40-34)31-11-8-7-9-12-33(31)41-37/h10,13-22,24-26,36,40H,7-9,11-12H2,1-6H3. The lowest BCUT2D eigenvalue weighted by molar-refractivity contribution is -0.118. The molecule has 0 saturated heterocycles. The molecule has 0 aliphatic heterocycles. The van der Waals surface area contributed by atoms with Crippen molar-refractivity contribution in [3.63, 3.8) is 0 Å². The first-order chi connectivity index (χ1) is 21.2. The molecule has 1 amide bonds. The molecule has 0 fully saturated rings. The predicted octanol–water partition coefficient (Wildman–Crippen LogP) is 9.95. The fraction of sp³-hybridized carbons (Fsp3) is 0.395. The van der Waals surface area contributed by atoms with Crippen molar-refractivity contribution in [3.05, 3.63) is 94.8 Å². The van der Waals surface area contributed by atoms with Crippen molar-refractivity contribution in [1.82, 2.24) is 9.97 Å². The van der Waals surface area contributed by atoms with Gasteiger partial charge in [0.1, 0.15) is 11.1 Å². The van der Waals surface area contributed by atoms with Crippen LogP contribution in [0.15, 0.2) is 71.9 Å². The molecule has 6 heteroatoms. The number of nitrogens with zero attached hydrogens (tertiary/aromatic N) is 3. The minimum absolute atomic E-state index is 0.000894. The summed E-state index contributed by atoms with van der Waals surface area (Å²) in [5, 5.41) is 10.7. The van der Waals surface area contributed by atoms with Crippen LogP contribution < -0.4 is 4.90 Å². The third-order valence-corrected chi connectivity index (χ3v) is 10.1. The molecule has 0 bridgehead atoms. The van der Waals surface area contributed by atoms with Gasteiger partial charge in [-0.15, -0.1) is 0 Å². The summed E-state index contributed by atoms with van der Waals surface area (Å²) in [5.41, 5.74) is 8.83. The second-order valence-electron chi connectivity index (χ2n) is 12.8. The SMILES string of the molecule is CC(C)c1ccc(N(C(=O)C(Sc2nc3c(c(-c4ccc[nH]4)c2C#N)CCCCC3)C(C)C)c2ccc(C(C)C)cc2)cc1. The Hall–Kier alpha value is -3.82. The van der Waals surface area contributed by atoms with Crippen LogP contribution in [-0.4, -0.2) is 21.1 Å². The van der Waals surface area contributed by atoms with Gasteiger partial charge in [0, 0.05) is 34.5 Å². The first-order valence-corrected chi connectivity index (χ1v) is 16.9.